The van der Waals surface area contributed by atoms with Gasteiger partial charge in [0.25, 0.3) is 5.91 Å². The van der Waals surface area contributed by atoms with Gasteiger partial charge in [-0.2, -0.15) is 0 Å². The van der Waals surface area contributed by atoms with E-state index in [1.54, 1.807) is 13.2 Å². The van der Waals surface area contributed by atoms with Gasteiger partial charge in [-0.1, -0.05) is 12.1 Å². The predicted octanol–water partition coefficient (Wildman–Crippen LogP) is 4.57. The number of halogens is 2. The molecule has 0 aliphatic carbocycles. The lowest BCUT2D eigenvalue weighted by Crippen LogP contribution is -2.48. The third-order valence-electron chi connectivity index (χ3n) is 5.38. The van der Waals surface area contributed by atoms with Gasteiger partial charge in [0.15, 0.2) is 11.6 Å². The molecule has 1 saturated heterocycles. The summed E-state index contributed by atoms with van der Waals surface area (Å²) < 4.78 is 37.3. The first-order valence-electron chi connectivity index (χ1n) is 10.3. The Morgan fingerprint density at radius 1 is 1.00 bits per heavy atom. The van der Waals surface area contributed by atoms with Gasteiger partial charge in [0.05, 0.1) is 12.0 Å². The zero-order valence-corrected chi connectivity index (χ0v) is 18.5. The quantitative estimate of drug-likeness (QED) is 0.520. The standard InChI is InChI=1S/C24H24F2N2O3S/c1-30-20-5-2-17(3-6-20)14-27-8-10-28(11-9-27)24(29)23-12-18(16-32-23)15-31-22-7-4-19(25)13-21(22)26/h2-7,12-13,16H,8-11,14-15H2,1H3. The summed E-state index contributed by atoms with van der Waals surface area (Å²) in [5, 5.41) is 1.83. The molecule has 2 heterocycles. The minimum atomic E-state index is -0.746. The first-order chi connectivity index (χ1) is 15.5. The lowest BCUT2D eigenvalue weighted by Gasteiger charge is -2.34. The lowest BCUT2D eigenvalue weighted by molar-refractivity contribution is 0.0633. The topological polar surface area (TPSA) is 42.0 Å². The smallest absolute Gasteiger partial charge is 0.264 e. The Morgan fingerprint density at radius 3 is 2.44 bits per heavy atom. The van der Waals surface area contributed by atoms with E-state index in [4.69, 9.17) is 9.47 Å². The summed E-state index contributed by atoms with van der Waals surface area (Å²) in [4.78, 5) is 17.7. The first-order valence-corrected chi connectivity index (χ1v) is 11.2. The lowest BCUT2D eigenvalue weighted by atomic mass is 10.2. The summed E-state index contributed by atoms with van der Waals surface area (Å²) in [6.07, 6.45) is 0. The first kappa shape index (κ1) is 22.2. The molecule has 32 heavy (non-hydrogen) atoms. The third kappa shape index (κ3) is 5.44. The van der Waals surface area contributed by atoms with Crippen molar-refractivity contribution in [2.45, 2.75) is 13.2 Å². The average molecular weight is 459 g/mol. The number of nitrogens with zero attached hydrogens (tertiary/aromatic N) is 2. The largest absolute Gasteiger partial charge is 0.497 e. The van der Waals surface area contributed by atoms with E-state index in [-0.39, 0.29) is 18.3 Å². The maximum absolute atomic E-state index is 13.7. The second kappa shape index (κ2) is 10.1. The number of benzene rings is 2. The Morgan fingerprint density at radius 2 is 1.75 bits per heavy atom. The van der Waals surface area contributed by atoms with Crippen LogP contribution in [0.2, 0.25) is 0 Å². The predicted molar refractivity (Wildman–Crippen MR) is 119 cm³/mol. The molecule has 4 rings (SSSR count). The fourth-order valence-electron chi connectivity index (χ4n) is 3.57. The van der Waals surface area contributed by atoms with Crippen molar-refractivity contribution in [1.29, 1.82) is 0 Å². The van der Waals surface area contributed by atoms with E-state index in [0.717, 1.165) is 43.1 Å². The Labute approximate surface area is 189 Å². The molecule has 8 heteroatoms. The van der Waals surface area contributed by atoms with Crippen molar-refractivity contribution in [3.63, 3.8) is 0 Å². The summed E-state index contributed by atoms with van der Waals surface area (Å²) in [6.45, 7) is 3.90. The number of hydrogen-bond acceptors (Lipinski definition) is 5. The molecule has 0 unspecified atom stereocenters. The van der Waals surface area contributed by atoms with Crippen LogP contribution in [-0.2, 0) is 13.2 Å². The zero-order valence-electron chi connectivity index (χ0n) is 17.7. The molecule has 0 spiro atoms. The SMILES string of the molecule is COc1ccc(CN2CCN(C(=O)c3cc(COc4ccc(F)cc4F)cs3)CC2)cc1. The van der Waals surface area contributed by atoms with Crippen LogP contribution in [0.15, 0.2) is 53.9 Å². The van der Waals surface area contributed by atoms with Crippen molar-refractivity contribution >= 4 is 17.2 Å². The molecule has 5 nitrogen and oxygen atoms in total. The number of methoxy groups -OCH3 is 1. The Hall–Kier alpha value is -2.97. The van der Waals surface area contributed by atoms with Crippen LogP contribution in [0.5, 0.6) is 11.5 Å². The molecule has 2 aromatic carbocycles. The van der Waals surface area contributed by atoms with Crippen molar-refractivity contribution in [2.24, 2.45) is 0 Å². The maximum atomic E-state index is 13.7. The summed E-state index contributed by atoms with van der Waals surface area (Å²) in [5.74, 6) is -0.573. The molecule has 1 aliphatic rings. The number of hydrogen-bond donors (Lipinski definition) is 0. The Bertz CT molecular complexity index is 1060. The second-order valence-electron chi connectivity index (χ2n) is 7.60. The summed E-state index contributed by atoms with van der Waals surface area (Å²) in [7, 11) is 1.65. The minimum absolute atomic E-state index is 0.00156. The number of carbonyl (C=O) groups is 1. The molecule has 0 atom stereocenters. The number of amides is 1. The highest BCUT2D eigenvalue weighted by Gasteiger charge is 2.23. The van der Waals surface area contributed by atoms with Crippen LogP contribution < -0.4 is 9.47 Å². The van der Waals surface area contributed by atoms with Gasteiger partial charge in [0.2, 0.25) is 0 Å². The van der Waals surface area contributed by atoms with Gasteiger partial charge < -0.3 is 14.4 Å². The van der Waals surface area contributed by atoms with Gasteiger partial charge >= 0.3 is 0 Å². The van der Waals surface area contributed by atoms with Crippen LogP contribution >= 0.6 is 11.3 Å². The van der Waals surface area contributed by atoms with E-state index < -0.39 is 11.6 Å². The summed E-state index contributed by atoms with van der Waals surface area (Å²) >= 11 is 1.35. The minimum Gasteiger partial charge on any atom is -0.497 e. The van der Waals surface area contributed by atoms with Crippen molar-refractivity contribution in [3.8, 4) is 11.5 Å². The number of carbonyl (C=O) groups excluding carboxylic acids is 1. The van der Waals surface area contributed by atoms with Crippen molar-refractivity contribution in [3.05, 3.63) is 81.5 Å². The van der Waals surface area contributed by atoms with Gasteiger partial charge in [0, 0.05) is 44.4 Å². The van der Waals surface area contributed by atoms with Gasteiger partial charge in [-0.3, -0.25) is 9.69 Å². The van der Waals surface area contributed by atoms with Gasteiger partial charge in [-0.05, 0) is 41.3 Å². The highest BCUT2D eigenvalue weighted by atomic mass is 32.1. The van der Waals surface area contributed by atoms with Crippen molar-refractivity contribution < 1.29 is 23.0 Å². The monoisotopic (exact) mass is 458 g/mol. The fraction of sp³-hybridized carbons (Fsp3) is 0.292. The van der Waals surface area contributed by atoms with E-state index in [1.807, 2.05) is 22.4 Å². The molecular formula is C24H24F2N2O3S. The normalized spacial score (nSPS) is 14.4. The summed E-state index contributed by atoms with van der Waals surface area (Å²) in [5.41, 5.74) is 1.99. The number of ether oxygens (including phenoxy) is 2. The number of piperazine rings is 1. The number of rotatable bonds is 7. The molecule has 3 aromatic rings. The Kier molecular flexibility index (Phi) is 7.02. The summed E-state index contributed by atoms with van der Waals surface area (Å²) in [6, 6.07) is 13.0. The average Bonchev–Trinajstić information content (AvgIpc) is 3.28. The van der Waals surface area contributed by atoms with Crippen LogP contribution in [0.25, 0.3) is 0 Å². The van der Waals surface area contributed by atoms with Crippen molar-refractivity contribution in [2.75, 3.05) is 33.3 Å². The van der Waals surface area contributed by atoms with E-state index in [0.29, 0.717) is 18.0 Å². The third-order valence-corrected chi connectivity index (χ3v) is 6.34. The van der Waals surface area contributed by atoms with E-state index in [2.05, 4.69) is 17.0 Å². The van der Waals surface area contributed by atoms with Gasteiger partial charge in [-0.25, -0.2) is 8.78 Å². The molecule has 0 saturated carbocycles. The molecule has 168 valence electrons. The van der Waals surface area contributed by atoms with Gasteiger partial charge in [0.1, 0.15) is 18.2 Å². The van der Waals surface area contributed by atoms with E-state index in [1.165, 1.54) is 23.0 Å². The molecule has 1 aliphatic heterocycles. The van der Waals surface area contributed by atoms with Gasteiger partial charge in [-0.15, -0.1) is 11.3 Å². The highest BCUT2D eigenvalue weighted by Crippen LogP contribution is 2.22. The zero-order chi connectivity index (χ0) is 22.5. The second-order valence-corrected chi connectivity index (χ2v) is 8.51. The van der Waals surface area contributed by atoms with Crippen LogP contribution in [-0.4, -0.2) is 49.0 Å². The van der Waals surface area contributed by atoms with Crippen LogP contribution in [0, 0.1) is 11.6 Å². The molecular weight excluding hydrogens is 434 g/mol. The van der Waals surface area contributed by atoms with Crippen LogP contribution in [0.3, 0.4) is 0 Å². The molecule has 0 bridgehead atoms. The van der Waals surface area contributed by atoms with E-state index in [9.17, 15) is 13.6 Å². The van der Waals surface area contributed by atoms with Crippen LogP contribution in [0.1, 0.15) is 20.8 Å². The molecule has 1 aromatic heterocycles. The highest BCUT2D eigenvalue weighted by molar-refractivity contribution is 7.12. The van der Waals surface area contributed by atoms with Crippen LogP contribution in [0.4, 0.5) is 8.78 Å². The fourth-order valence-corrected chi connectivity index (χ4v) is 4.43. The number of thiophene rings is 1. The molecule has 1 amide bonds. The molecule has 0 radical (unpaired) electrons. The Balaban J connectivity index is 1.27. The van der Waals surface area contributed by atoms with E-state index >= 15 is 0 Å². The molecule has 1 fully saturated rings. The molecule has 0 N–H and O–H groups in total. The maximum Gasteiger partial charge on any atom is 0.264 e. The van der Waals surface area contributed by atoms with Crippen molar-refractivity contribution in [1.82, 2.24) is 9.80 Å².